The normalized spacial score (nSPS) is 11.9. The van der Waals surface area contributed by atoms with Crippen LogP contribution in [0, 0.1) is 0 Å². The second kappa shape index (κ2) is 11.4. The lowest BCUT2D eigenvalue weighted by molar-refractivity contribution is 1.22. The molecule has 0 atom stereocenters. The third-order valence-electron chi connectivity index (χ3n) is 11.1. The first-order chi connectivity index (χ1) is 25.8. The van der Waals surface area contributed by atoms with Gasteiger partial charge in [-0.1, -0.05) is 158 Å². The molecular formula is C51H33N. The van der Waals surface area contributed by atoms with Crippen molar-refractivity contribution in [2.75, 3.05) is 0 Å². The summed E-state index contributed by atoms with van der Waals surface area (Å²) < 4.78 is 2.47. The highest BCUT2D eigenvalue weighted by Crippen LogP contribution is 2.42. The molecule has 0 saturated carbocycles. The van der Waals surface area contributed by atoms with E-state index in [1.807, 2.05) is 0 Å². The Hall–Kier alpha value is -6.70. The molecule has 9 aromatic carbocycles. The van der Waals surface area contributed by atoms with Crippen molar-refractivity contribution in [1.82, 2.24) is 4.40 Å². The van der Waals surface area contributed by atoms with Gasteiger partial charge in [0.2, 0.25) is 0 Å². The van der Waals surface area contributed by atoms with Gasteiger partial charge in [-0.15, -0.1) is 0 Å². The van der Waals surface area contributed by atoms with E-state index < -0.39 is 0 Å². The SMILES string of the molecule is c1ccc(-c2cccc(Cc3cc4ccc(-c5ccc6c(c5)c5cccc7c8cc(-c9ccccc9)ccc8n6c75)cc4c4ccccc34)c2)cc1. The molecule has 2 heterocycles. The van der Waals surface area contributed by atoms with Crippen LogP contribution in [0.5, 0.6) is 0 Å². The van der Waals surface area contributed by atoms with E-state index in [-0.39, 0.29) is 0 Å². The summed E-state index contributed by atoms with van der Waals surface area (Å²) in [6.07, 6.45) is 0.887. The van der Waals surface area contributed by atoms with Crippen molar-refractivity contribution >= 4 is 59.6 Å². The van der Waals surface area contributed by atoms with Crippen LogP contribution in [0.15, 0.2) is 188 Å². The molecule has 0 aliphatic heterocycles. The zero-order valence-electron chi connectivity index (χ0n) is 28.6. The van der Waals surface area contributed by atoms with Crippen LogP contribution in [0.1, 0.15) is 11.1 Å². The van der Waals surface area contributed by atoms with Gasteiger partial charge in [0.15, 0.2) is 0 Å². The maximum Gasteiger partial charge on any atom is 0.0620 e. The molecule has 11 aromatic rings. The molecule has 0 fully saturated rings. The molecule has 0 saturated heterocycles. The molecule has 1 heteroatoms. The van der Waals surface area contributed by atoms with Crippen LogP contribution >= 0.6 is 0 Å². The Kier molecular flexibility index (Phi) is 6.38. The van der Waals surface area contributed by atoms with Crippen LogP contribution in [0.25, 0.3) is 93.0 Å². The van der Waals surface area contributed by atoms with Gasteiger partial charge in [0.1, 0.15) is 0 Å². The summed E-state index contributed by atoms with van der Waals surface area (Å²) in [5, 5.41) is 10.4. The zero-order chi connectivity index (χ0) is 34.2. The summed E-state index contributed by atoms with van der Waals surface area (Å²) in [4.78, 5) is 0. The Labute approximate surface area is 302 Å². The highest BCUT2D eigenvalue weighted by atomic mass is 14.9. The molecule has 0 bridgehead atoms. The van der Waals surface area contributed by atoms with E-state index in [4.69, 9.17) is 0 Å². The maximum atomic E-state index is 2.47. The highest BCUT2D eigenvalue weighted by molar-refractivity contribution is 6.24. The lowest BCUT2D eigenvalue weighted by atomic mass is 9.91. The summed E-state index contributed by atoms with van der Waals surface area (Å²) in [6, 6.07) is 69.4. The molecule has 0 spiro atoms. The van der Waals surface area contributed by atoms with E-state index in [0.29, 0.717) is 0 Å². The van der Waals surface area contributed by atoms with Crippen LogP contribution in [0.4, 0.5) is 0 Å². The smallest absolute Gasteiger partial charge is 0.0620 e. The van der Waals surface area contributed by atoms with E-state index in [9.17, 15) is 0 Å². The third kappa shape index (κ3) is 4.49. The van der Waals surface area contributed by atoms with Gasteiger partial charge in [-0.2, -0.15) is 0 Å². The fourth-order valence-electron chi connectivity index (χ4n) is 8.69. The Morgan fingerprint density at radius 2 is 0.808 bits per heavy atom. The van der Waals surface area contributed by atoms with E-state index in [1.165, 1.54) is 104 Å². The molecule has 0 amide bonds. The predicted molar refractivity (Wildman–Crippen MR) is 222 cm³/mol. The molecule has 0 N–H and O–H groups in total. The minimum atomic E-state index is 0.887. The average Bonchev–Trinajstić information content (AvgIpc) is 3.73. The summed E-state index contributed by atoms with van der Waals surface area (Å²) >= 11 is 0. The zero-order valence-corrected chi connectivity index (χ0v) is 28.6. The van der Waals surface area contributed by atoms with E-state index >= 15 is 0 Å². The lowest BCUT2D eigenvalue weighted by Gasteiger charge is -2.13. The number of hydrogen-bond acceptors (Lipinski definition) is 0. The van der Waals surface area contributed by atoms with Gasteiger partial charge in [-0.3, -0.25) is 0 Å². The molecule has 0 unspecified atom stereocenters. The van der Waals surface area contributed by atoms with Crippen molar-refractivity contribution in [2.24, 2.45) is 0 Å². The monoisotopic (exact) mass is 659 g/mol. The average molecular weight is 660 g/mol. The summed E-state index contributed by atoms with van der Waals surface area (Å²) in [7, 11) is 0. The fourth-order valence-corrected chi connectivity index (χ4v) is 8.69. The van der Waals surface area contributed by atoms with Gasteiger partial charge in [0.25, 0.3) is 0 Å². The van der Waals surface area contributed by atoms with Crippen LogP contribution in [0.2, 0.25) is 0 Å². The largest absolute Gasteiger partial charge is 0.308 e. The number of benzene rings is 9. The van der Waals surface area contributed by atoms with Crippen molar-refractivity contribution < 1.29 is 0 Å². The molecule has 242 valence electrons. The van der Waals surface area contributed by atoms with E-state index in [1.54, 1.807) is 0 Å². The first kappa shape index (κ1) is 29.1. The molecule has 0 aliphatic rings. The Balaban J connectivity index is 1.02. The van der Waals surface area contributed by atoms with Crippen molar-refractivity contribution in [3.05, 3.63) is 199 Å². The van der Waals surface area contributed by atoms with Crippen LogP contribution < -0.4 is 0 Å². The van der Waals surface area contributed by atoms with Gasteiger partial charge in [0, 0.05) is 21.5 Å². The van der Waals surface area contributed by atoms with Gasteiger partial charge in [0.05, 0.1) is 16.6 Å². The molecule has 0 radical (unpaired) electrons. The quantitative estimate of drug-likeness (QED) is 0.162. The van der Waals surface area contributed by atoms with E-state index in [0.717, 1.165) is 6.42 Å². The van der Waals surface area contributed by atoms with Gasteiger partial charge < -0.3 is 4.40 Å². The minimum absolute atomic E-state index is 0.887. The van der Waals surface area contributed by atoms with Crippen LogP contribution in [0.3, 0.4) is 0 Å². The molecular weight excluding hydrogens is 627 g/mol. The Morgan fingerprint density at radius 1 is 0.308 bits per heavy atom. The Morgan fingerprint density at radius 3 is 1.48 bits per heavy atom. The van der Waals surface area contributed by atoms with Gasteiger partial charge >= 0.3 is 0 Å². The first-order valence-electron chi connectivity index (χ1n) is 18.1. The van der Waals surface area contributed by atoms with E-state index in [2.05, 4.69) is 192 Å². The predicted octanol–water partition coefficient (Wildman–Crippen LogP) is 13.7. The minimum Gasteiger partial charge on any atom is -0.308 e. The van der Waals surface area contributed by atoms with Crippen LogP contribution in [-0.2, 0) is 6.42 Å². The third-order valence-corrected chi connectivity index (χ3v) is 11.1. The molecule has 2 aromatic heterocycles. The summed E-state index contributed by atoms with van der Waals surface area (Å²) in [6.45, 7) is 0. The number of nitrogens with zero attached hydrogens (tertiary/aromatic N) is 1. The number of fused-ring (bicyclic) bond motifs is 9. The van der Waals surface area contributed by atoms with Crippen LogP contribution in [-0.4, -0.2) is 4.40 Å². The molecule has 1 nitrogen and oxygen atoms in total. The van der Waals surface area contributed by atoms with Crippen molar-refractivity contribution in [3.63, 3.8) is 0 Å². The second-order valence-corrected chi connectivity index (χ2v) is 14.1. The lowest BCUT2D eigenvalue weighted by Crippen LogP contribution is -1.92. The standard InChI is InChI=1S/C51H33N/c1-3-12-34(13-4-1)36-16-9-11-33(27-36)28-41-29-40-22-21-38(30-46(40)43-18-8-7-17-42(41)43)39-24-26-50-48(32-39)45-20-10-19-44-47-31-37(35-14-5-2-6-15-35)23-25-49(47)52(50)51(44)45/h1-27,29-32H,28H2. The summed E-state index contributed by atoms with van der Waals surface area (Å²) in [5.74, 6) is 0. The number of hydrogen-bond donors (Lipinski definition) is 0. The van der Waals surface area contributed by atoms with Gasteiger partial charge in [-0.25, -0.2) is 0 Å². The summed E-state index contributed by atoms with van der Waals surface area (Å²) in [5.41, 5.74) is 14.0. The number of rotatable bonds is 5. The first-order valence-corrected chi connectivity index (χ1v) is 18.1. The van der Waals surface area contributed by atoms with Crippen molar-refractivity contribution in [2.45, 2.75) is 6.42 Å². The Bertz CT molecular complexity index is 3130. The fraction of sp³-hybridized carbons (Fsp3) is 0.0196. The maximum absolute atomic E-state index is 2.47. The number of para-hydroxylation sites is 1. The topological polar surface area (TPSA) is 4.41 Å². The van der Waals surface area contributed by atoms with Gasteiger partial charge in [-0.05, 0) is 103 Å². The highest BCUT2D eigenvalue weighted by Gasteiger charge is 2.18. The molecule has 0 aliphatic carbocycles. The van der Waals surface area contributed by atoms with Crippen molar-refractivity contribution in [3.8, 4) is 33.4 Å². The molecule has 52 heavy (non-hydrogen) atoms. The number of aromatic nitrogens is 1. The van der Waals surface area contributed by atoms with Crippen molar-refractivity contribution in [1.29, 1.82) is 0 Å². The second-order valence-electron chi connectivity index (χ2n) is 14.1. The molecule has 11 rings (SSSR count).